The second-order valence-electron chi connectivity index (χ2n) is 8.28. The molecule has 164 valence electrons. The summed E-state index contributed by atoms with van der Waals surface area (Å²) in [6, 6.07) is 11.7. The van der Waals surface area contributed by atoms with Crippen LogP contribution in [0.5, 0.6) is 0 Å². The average molecular weight is 431 g/mol. The van der Waals surface area contributed by atoms with Crippen LogP contribution < -0.4 is 15.9 Å². The van der Waals surface area contributed by atoms with Gasteiger partial charge < -0.3 is 15.2 Å². The number of rotatable bonds is 4. The minimum absolute atomic E-state index is 0.0625. The van der Waals surface area contributed by atoms with E-state index in [1.165, 1.54) is 5.69 Å². The molecule has 0 spiro atoms. The van der Waals surface area contributed by atoms with E-state index in [0.717, 1.165) is 60.4 Å². The van der Waals surface area contributed by atoms with Crippen molar-refractivity contribution in [2.75, 3.05) is 38.1 Å². The van der Waals surface area contributed by atoms with Crippen molar-refractivity contribution >= 4 is 28.1 Å². The summed E-state index contributed by atoms with van der Waals surface area (Å²) in [6.45, 7) is 6.55. The number of hydrogen-bond donors (Lipinski definition) is 2. The fourth-order valence-corrected chi connectivity index (χ4v) is 4.52. The number of amides is 1. The van der Waals surface area contributed by atoms with Gasteiger partial charge in [-0.1, -0.05) is 0 Å². The van der Waals surface area contributed by atoms with Gasteiger partial charge in [-0.05, 0) is 54.4 Å². The summed E-state index contributed by atoms with van der Waals surface area (Å²) in [6.07, 6.45) is 3.65. The van der Waals surface area contributed by atoms with Gasteiger partial charge in [0.2, 0.25) is 0 Å². The molecule has 1 saturated heterocycles. The molecule has 0 atom stereocenters. The van der Waals surface area contributed by atoms with E-state index in [1.807, 2.05) is 42.6 Å². The molecule has 4 heterocycles. The van der Waals surface area contributed by atoms with Crippen LogP contribution >= 0.6 is 0 Å². The lowest BCUT2D eigenvalue weighted by molar-refractivity contribution is 0.0963. The Labute approximate surface area is 185 Å². The van der Waals surface area contributed by atoms with E-state index in [1.54, 1.807) is 17.6 Å². The zero-order chi connectivity index (χ0) is 22.2. The zero-order valence-corrected chi connectivity index (χ0v) is 18.3. The summed E-state index contributed by atoms with van der Waals surface area (Å²) >= 11 is 0. The molecule has 5 rings (SSSR count). The number of H-pyrrole nitrogens is 1. The lowest BCUT2D eigenvalue weighted by Gasteiger charge is -2.37. The number of piperazine rings is 1. The Hall–Kier alpha value is -3.65. The monoisotopic (exact) mass is 430 g/mol. The van der Waals surface area contributed by atoms with Crippen LogP contribution in [0.15, 0.2) is 53.6 Å². The average Bonchev–Trinajstić information content (AvgIpc) is 3.30. The molecule has 0 unspecified atom stereocenters. The Bertz CT molecular complexity index is 1360. The van der Waals surface area contributed by atoms with E-state index >= 15 is 0 Å². The van der Waals surface area contributed by atoms with Gasteiger partial charge in [0.1, 0.15) is 5.52 Å². The highest BCUT2D eigenvalue weighted by atomic mass is 16.1. The van der Waals surface area contributed by atoms with Crippen LogP contribution in [0.25, 0.3) is 16.6 Å². The first-order valence-corrected chi connectivity index (χ1v) is 10.8. The van der Waals surface area contributed by atoms with E-state index in [9.17, 15) is 9.59 Å². The number of carbonyl (C=O) groups excluding carboxylic acids is 1. The molecule has 8 heteroatoms. The first-order valence-electron chi connectivity index (χ1n) is 10.8. The first kappa shape index (κ1) is 20.3. The number of benzene rings is 1. The highest BCUT2D eigenvalue weighted by Crippen LogP contribution is 2.23. The van der Waals surface area contributed by atoms with Crippen molar-refractivity contribution in [3.05, 3.63) is 76.0 Å². The number of hydrogen-bond acceptors (Lipinski definition) is 5. The lowest BCUT2D eigenvalue weighted by atomic mass is 10.1. The number of aryl methyl sites for hydroxylation is 1. The van der Waals surface area contributed by atoms with E-state index < -0.39 is 0 Å². The summed E-state index contributed by atoms with van der Waals surface area (Å²) < 4.78 is 1.58. The second kappa shape index (κ2) is 8.12. The van der Waals surface area contributed by atoms with Crippen LogP contribution in [0.1, 0.15) is 21.5 Å². The summed E-state index contributed by atoms with van der Waals surface area (Å²) in [4.78, 5) is 36.5. The molecule has 1 aliphatic heterocycles. The third kappa shape index (κ3) is 3.62. The number of nitrogens with zero attached hydrogens (tertiary/aromatic N) is 4. The van der Waals surface area contributed by atoms with Crippen LogP contribution in [-0.2, 0) is 6.54 Å². The first-order chi connectivity index (χ1) is 15.5. The van der Waals surface area contributed by atoms with Crippen LogP contribution in [-0.4, -0.2) is 58.4 Å². The van der Waals surface area contributed by atoms with Gasteiger partial charge in [0.15, 0.2) is 0 Å². The molecule has 1 aromatic carbocycles. The van der Waals surface area contributed by atoms with Gasteiger partial charge in [-0.3, -0.25) is 19.1 Å². The molecule has 0 radical (unpaired) electrons. The highest BCUT2D eigenvalue weighted by molar-refractivity contribution is 5.94. The van der Waals surface area contributed by atoms with Crippen molar-refractivity contribution < 1.29 is 4.79 Å². The van der Waals surface area contributed by atoms with Gasteiger partial charge >= 0.3 is 5.69 Å². The molecule has 1 fully saturated rings. The summed E-state index contributed by atoms with van der Waals surface area (Å²) in [5.41, 5.74) is 6.31. The van der Waals surface area contributed by atoms with Crippen LogP contribution in [0.4, 0.5) is 5.69 Å². The molecule has 2 N–H and O–H groups in total. The van der Waals surface area contributed by atoms with Gasteiger partial charge in [0.25, 0.3) is 5.91 Å². The normalized spacial score (nSPS) is 14.9. The van der Waals surface area contributed by atoms with Crippen LogP contribution in [0, 0.1) is 6.92 Å². The van der Waals surface area contributed by atoms with Crippen molar-refractivity contribution in [3.63, 3.8) is 0 Å². The Morgan fingerprint density at radius 2 is 1.97 bits per heavy atom. The molecule has 8 nitrogen and oxygen atoms in total. The van der Waals surface area contributed by atoms with E-state index in [4.69, 9.17) is 0 Å². The quantitative estimate of drug-likeness (QED) is 0.518. The summed E-state index contributed by atoms with van der Waals surface area (Å²) in [7, 11) is 1.65. The predicted octanol–water partition coefficient (Wildman–Crippen LogP) is 2.17. The van der Waals surface area contributed by atoms with E-state index in [-0.39, 0.29) is 11.6 Å². The standard InChI is InChI=1S/C24H26N6O2/c1-16-12-18(23(31)25-2)5-6-20(16)29-10-8-28(9-11-29)15-17-13-19-22(26-14-17)21-4-3-7-30(21)24(32)27-19/h3-7,12-14H,8-11,15H2,1-2H3,(H,25,31)(H,27,32). The van der Waals surface area contributed by atoms with E-state index in [0.29, 0.717) is 5.56 Å². The van der Waals surface area contributed by atoms with Crippen molar-refractivity contribution in [1.29, 1.82) is 0 Å². The summed E-state index contributed by atoms with van der Waals surface area (Å²) in [5, 5.41) is 2.67. The minimum Gasteiger partial charge on any atom is -0.369 e. The molecule has 32 heavy (non-hydrogen) atoms. The third-order valence-electron chi connectivity index (χ3n) is 6.20. The maximum absolute atomic E-state index is 12.3. The van der Waals surface area contributed by atoms with Crippen LogP contribution in [0.2, 0.25) is 0 Å². The molecule has 1 aliphatic rings. The number of anilines is 1. The molecule has 4 aromatic rings. The van der Waals surface area contributed by atoms with Crippen molar-refractivity contribution in [2.45, 2.75) is 13.5 Å². The second-order valence-corrected chi connectivity index (χ2v) is 8.28. The SMILES string of the molecule is CNC(=O)c1ccc(N2CCN(Cc3cnc4c(c3)[nH]c(=O)n3cccc43)CC2)c(C)c1. The maximum atomic E-state index is 12.3. The molecular weight excluding hydrogens is 404 g/mol. The Kier molecular flexibility index (Phi) is 5.14. The fourth-order valence-electron chi connectivity index (χ4n) is 4.52. The minimum atomic E-state index is -0.150. The van der Waals surface area contributed by atoms with E-state index in [2.05, 4.69) is 32.0 Å². The van der Waals surface area contributed by atoms with Crippen molar-refractivity contribution in [3.8, 4) is 0 Å². The van der Waals surface area contributed by atoms with Crippen LogP contribution in [0.3, 0.4) is 0 Å². The number of aromatic nitrogens is 3. The summed E-state index contributed by atoms with van der Waals surface area (Å²) in [5.74, 6) is -0.0625. The highest BCUT2D eigenvalue weighted by Gasteiger charge is 2.19. The molecule has 0 saturated carbocycles. The molecule has 3 aromatic heterocycles. The lowest BCUT2D eigenvalue weighted by Crippen LogP contribution is -2.46. The largest absolute Gasteiger partial charge is 0.369 e. The molecule has 0 aliphatic carbocycles. The van der Waals surface area contributed by atoms with Crippen molar-refractivity contribution in [1.82, 2.24) is 24.6 Å². The van der Waals surface area contributed by atoms with Gasteiger partial charge in [0.05, 0.1) is 11.0 Å². The maximum Gasteiger partial charge on any atom is 0.330 e. The van der Waals surface area contributed by atoms with Gasteiger partial charge in [-0.15, -0.1) is 0 Å². The fraction of sp³-hybridized carbons (Fsp3) is 0.292. The van der Waals surface area contributed by atoms with Gasteiger partial charge in [0, 0.05) is 63.4 Å². The smallest absolute Gasteiger partial charge is 0.330 e. The number of fused-ring (bicyclic) bond motifs is 3. The third-order valence-corrected chi connectivity index (χ3v) is 6.20. The number of nitrogens with one attached hydrogen (secondary N) is 2. The topological polar surface area (TPSA) is 85.7 Å². The Morgan fingerprint density at radius 1 is 1.16 bits per heavy atom. The zero-order valence-electron chi connectivity index (χ0n) is 18.3. The number of carbonyl (C=O) groups is 1. The van der Waals surface area contributed by atoms with Gasteiger partial charge in [-0.2, -0.15) is 0 Å². The molecular formula is C24H26N6O2. The van der Waals surface area contributed by atoms with Gasteiger partial charge in [-0.25, -0.2) is 4.79 Å². The number of aromatic amines is 1. The Balaban J connectivity index is 1.28. The molecule has 1 amide bonds. The Morgan fingerprint density at radius 3 is 2.72 bits per heavy atom. The molecule has 0 bridgehead atoms. The number of pyridine rings is 1. The predicted molar refractivity (Wildman–Crippen MR) is 125 cm³/mol. The van der Waals surface area contributed by atoms with Crippen molar-refractivity contribution in [2.24, 2.45) is 0 Å².